The molecular weight excluding hydrogens is 248 g/mol. The van der Waals surface area contributed by atoms with Gasteiger partial charge in [0.25, 0.3) is 0 Å². The van der Waals surface area contributed by atoms with Crippen LogP contribution in [0.5, 0.6) is 0 Å². The third-order valence-corrected chi connectivity index (χ3v) is 3.46. The molecule has 0 atom stereocenters. The molecule has 1 aliphatic heterocycles. The van der Waals surface area contributed by atoms with E-state index >= 15 is 0 Å². The van der Waals surface area contributed by atoms with Gasteiger partial charge in [0, 0.05) is 33.0 Å². The van der Waals surface area contributed by atoms with E-state index in [9.17, 15) is 4.79 Å². The summed E-state index contributed by atoms with van der Waals surface area (Å²) in [5.41, 5.74) is 5.29. The first kappa shape index (κ1) is 16.4. The summed E-state index contributed by atoms with van der Waals surface area (Å²) >= 11 is 0. The minimum absolute atomic E-state index is 0.0253. The summed E-state index contributed by atoms with van der Waals surface area (Å²) in [7, 11) is 0. The van der Waals surface area contributed by atoms with Crippen LogP contribution >= 0.6 is 0 Å². The number of carbonyl (C=O) groups is 1. The highest BCUT2D eigenvalue weighted by atomic mass is 16.7. The van der Waals surface area contributed by atoms with Crippen molar-refractivity contribution >= 4 is 5.91 Å². The average Bonchev–Trinajstić information content (AvgIpc) is 2.45. The van der Waals surface area contributed by atoms with E-state index in [4.69, 9.17) is 19.9 Å². The van der Waals surface area contributed by atoms with E-state index in [0.29, 0.717) is 52.4 Å². The zero-order chi connectivity index (χ0) is 14.1. The van der Waals surface area contributed by atoms with E-state index in [1.54, 1.807) is 0 Å². The van der Waals surface area contributed by atoms with Crippen LogP contribution in [0.3, 0.4) is 0 Å². The van der Waals surface area contributed by atoms with E-state index in [2.05, 4.69) is 5.32 Å². The molecule has 0 aliphatic carbocycles. The first-order valence-corrected chi connectivity index (χ1v) is 6.98. The fourth-order valence-electron chi connectivity index (χ4n) is 2.19. The van der Waals surface area contributed by atoms with Crippen molar-refractivity contribution in [2.45, 2.75) is 33.0 Å². The van der Waals surface area contributed by atoms with Crippen molar-refractivity contribution < 1.29 is 19.0 Å². The average molecular weight is 274 g/mol. The molecule has 0 aromatic carbocycles. The van der Waals surface area contributed by atoms with Gasteiger partial charge in [-0.25, -0.2) is 0 Å². The second-order valence-electron chi connectivity index (χ2n) is 4.65. The fourth-order valence-corrected chi connectivity index (χ4v) is 2.19. The van der Waals surface area contributed by atoms with Crippen LogP contribution in [0.2, 0.25) is 0 Å². The van der Waals surface area contributed by atoms with Crippen molar-refractivity contribution in [3.8, 4) is 0 Å². The van der Waals surface area contributed by atoms with Crippen LogP contribution in [0.25, 0.3) is 0 Å². The maximum Gasteiger partial charge on any atom is 0.227 e. The lowest BCUT2D eigenvalue weighted by Gasteiger charge is -2.34. The lowest BCUT2D eigenvalue weighted by molar-refractivity contribution is -0.148. The Morgan fingerprint density at radius 3 is 2.37 bits per heavy atom. The molecule has 0 radical (unpaired) electrons. The summed E-state index contributed by atoms with van der Waals surface area (Å²) in [5, 5.41) is 2.89. The van der Waals surface area contributed by atoms with E-state index in [-0.39, 0.29) is 5.91 Å². The van der Waals surface area contributed by atoms with Gasteiger partial charge in [-0.05, 0) is 26.7 Å². The van der Waals surface area contributed by atoms with Crippen LogP contribution in [-0.2, 0) is 19.0 Å². The summed E-state index contributed by atoms with van der Waals surface area (Å²) in [6.07, 6.45) is 0.945. The van der Waals surface area contributed by atoms with E-state index in [0.717, 1.165) is 0 Å². The fraction of sp³-hybridized carbons (Fsp3) is 0.923. The molecule has 1 aliphatic rings. The van der Waals surface area contributed by atoms with Gasteiger partial charge in [-0.2, -0.15) is 0 Å². The quantitative estimate of drug-likeness (QED) is 0.620. The molecule has 1 rings (SSSR count). The van der Waals surface area contributed by atoms with Crippen LogP contribution < -0.4 is 11.1 Å². The number of nitrogens with two attached hydrogens (primary N) is 1. The monoisotopic (exact) mass is 274 g/mol. The zero-order valence-corrected chi connectivity index (χ0v) is 11.9. The lowest BCUT2D eigenvalue weighted by Crippen LogP contribution is -2.51. The molecule has 0 spiro atoms. The van der Waals surface area contributed by atoms with Crippen LogP contribution in [0, 0.1) is 5.41 Å². The van der Waals surface area contributed by atoms with Crippen molar-refractivity contribution in [3.63, 3.8) is 0 Å². The van der Waals surface area contributed by atoms with E-state index < -0.39 is 11.7 Å². The van der Waals surface area contributed by atoms with Gasteiger partial charge in [0.2, 0.25) is 5.91 Å². The number of nitrogens with one attached hydrogen (secondary N) is 1. The van der Waals surface area contributed by atoms with Crippen molar-refractivity contribution in [1.82, 2.24) is 5.32 Å². The van der Waals surface area contributed by atoms with Gasteiger partial charge < -0.3 is 25.3 Å². The Morgan fingerprint density at radius 1 is 1.32 bits per heavy atom. The highest BCUT2D eigenvalue weighted by molar-refractivity contribution is 5.83. The molecule has 6 nitrogen and oxygen atoms in total. The third-order valence-electron chi connectivity index (χ3n) is 3.46. The largest absolute Gasteiger partial charge is 0.381 e. The molecule has 0 bridgehead atoms. The normalized spacial score (nSPS) is 18.5. The summed E-state index contributed by atoms with van der Waals surface area (Å²) in [6, 6.07) is 0. The highest BCUT2D eigenvalue weighted by Gasteiger charge is 2.38. The van der Waals surface area contributed by atoms with Crippen molar-refractivity contribution in [2.24, 2.45) is 11.1 Å². The molecule has 3 N–H and O–H groups in total. The molecule has 1 fully saturated rings. The van der Waals surface area contributed by atoms with Gasteiger partial charge in [-0.3, -0.25) is 4.79 Å². The minimum atomic E-state index is -0.499. The maximum atomic E-state index is 12.3. The van der Waals surface area contributed by atoms with Gasteiger partial charge in [-0.15, -0.1) is 0 Å². The maximum absolute atomic E-state index is 12.3. The van der Waals surface area contributed by atoms with E-state index in [1.165, 1.54) is 0 Å². The number of carbonyl (C=O) groups excluding carboxylic acids is 1. The second kappa shape index (κ2) is 8.47. The Kier molecular flexibility index (Phi) is 7.30. The van der Waals surface area contributed by atoms with Crippen LogP contribution in [0.15, 0.2) is 0 Å². The first-order valence-electron chi connectivity index (χ1n) is 6.98. The number of ether oxygens (including phenoxy) is 3. The van der Waals surface area contributed by atoms with Crippen LogP contribution in [0.4, 0.5) is 0 Å². The molecule has 1 amide bonds. The Balaban J connectivity index is 2.47. The van der Waals surface area contributed by atoms with Crippen molar-refractivity contribution in [3.05, 3.63) is 0 Å². The van der Waals surface area contributed by atoms with Crippen molar-refractivity contribution in [1.29, 1.82) is 0 Å². The molecule has 0 saturated carbocycles. The molecule has 112 valence electrons. The molecule has 0 unspecified atom stereocenters. The number of hydrogen-bond donors (Lipinski definition) is 2. The number of rotatable bonds is 8. The Bertz CT molecular complexity index is 261. The van der Waals surface area contributed by atoms with Crippen molar-refractivity contribution in [2.75, 3.05) is 39.5 Å². The second-order valence-corrected chi connectivity index (χ2v) is 4.65. The van der Waals surface area contributed by atoms with Gasteiger partial charge in [0.05, 0.1) is 12.0 Å². The molecular formula is C13H26N2O4. The van der Waals surface area contributed by atoms with Gasteiger partial charge >= 0.3 is 0 Å². The first-order chi connectivity index (χ1) is 9.18. The Labute approximate surface area is 115 Å². The van der Waals surface area contributed by atoms with Gasteiger partial charge in [0.1, 0.15) is 0 Å². The van der Waals surface area contributed by atoms with Gasteiger partial charge in [0.15, 0.2) is 6.29 Å². The van der Waals surface area contributed by atoms with Crippen LogP contribution in [-0.4, -0.2) is 51.7 Å². The summed E-state index contributed by atoms with van der Waals surface area (Å²) in [4.78, 5) is 12.3. The minimum Gasteiger partial charge on any atom is -0.381 e. The Morgan fingerprint density at radius 2 is 1.89 bits per heavy atom. The summed E-state index contributed by atoms with van der Waals surface area (Å²) in [6.45, 7) is 6.77. The zero-order valence-electron chi connectivity index (χ0n) is 11.9. The molecule has 6 heteroatoms. The lowest BCUT2D eigenvalue weighted by atomic mass is 9.79. The molecule has 0 aromatic rings. The SMILES string of the molecule is CCOC(CNC(=O)C1(CN)CCOCC1)OCC. The standard InChI is InChI=1S/C13H26N2O4/c1-3-18-11(19-4-2)9-15-12(16)13(10-14)5-7-17-8-6-13/h11H,3-10,14H2,1-2H3,(H,15,16). The third kappa shape index (κ3) is 4.72. The molecule has 1 saturated heterocycles. The number of hydrogen-bond acceptors (Lipinski definition) is 5. The summed E-state index contributed by atoms with van der Waals surface area (Å²) < 4.78 is 16.1. The predicted molar refractivity (Wildman–Crippen MR) is 71.6 cm³/mol. The molecule has 1 heterocycles. The van der Waals surface area contributed by atoms with Crippen LogP contribution in [0.1, 0.15) is 26.7 Å². The Hall–Kier alpha value is -0.690. The highest BCUT2D eigenvalue weighted by Crippen LogP contribution is 2.29. The molecule has 19 heavy (non-hydrogen) atoms. The predicted octanol–water partition coefficient (Wildman–Crippen LogP) is 0.257. The van der Waals surface area contributed by atoms with E-state index in [1.807, 2.05) is 13.8 Å². The topological polar surface area (TPSA) is 82.8 Å². The molecule has 0 aromatic heterocycles. The van der Waals surface area contributed by atoms with Gasteiger partial charge in [-0.1, -0.05) is 0 Å². The number of amides is 1. The smallest absolute Gasteiger partial charge is 0.227 e. The summed E-state index contributed by atoms with van der Waals surface area (Å²) in [5.74, 6) is -0.0253.